The van der Waals surface area contributed by atoms with Crippen LogP contribution in [0, 0.1) is 11.8 Å². The molecule has 2 fully saturated rings. The smallest absolute Gasteiger partial charge is 0.223 e. The van der Waals surface area contributed by atoms with Crippen molar-refractivity contribution < 1.29 is 9.90 Å². The third-order valence-corrected chi connectivity index (χ3v) is 4.27. The standard InChI is InChI=1S/C13H23NO2/c1-10-5-7-13(16,8-6-10)9-14-12(15)11-3-2-4-11/h10-11,16H,2-9H2,1H3,(H,14,15). The average molecular weight is 225 g/mol. The van der Waals surface area contributed by atoms with E-state index in [-0.39, 0.29) is 11.8 Å². The number of carbonyl (C=O) groups is 1. The van der Waals surface area contributed by atoms with Gasteiger partial charge in [-0.1, -0.05) is 13.3 Å². The normalized spacial score (nSPS) is 35.5. The Morgan fingerprint density at radius 2 is 1.94 bits per heavy atom. The van der Waals surface area contributed by atoms with Crippen molar-refractivity contribution in [2.75, 3.05) is 6.54 Å². The van der Waals surface area contributed by atoms with Crippen molar-refractivity contribution in [1.82, 2.24) is 5.32 Å². The zero-order chi connectivity index (χ0) is 11.6. The van der Waals surface area contributed by atoms with Gasteiger partial charge in [0.05, 0.1) is 5.60 Å². The summed E-state index contributed by atoms with van der Waals surface area (Å²) >= 11 is 0. The lowest BCUT2D eigenvalue weighted by molar-refractivity contribution is -0.129. The van der Waals surface area contributed by atoms with Crippen molar-refractivity contribution in [3.8, 4) is 0 Å². The molecule has 0 aromatic heterocycles. The second-order valence-electron chi connectivity index (χ2n) is 5.75. The van der Waals surface area contributed by atoms with Gasteiger partial charge in [-0.2, -0.15) is 0 Å². The zero-order valence-corrected chi connectivity index (χ0v) is 10.2. The largest absolute Gasteiger partial charge is 0.388 e. The van der Waals surface area contributed by atoms with Crippen LogP contribution in [0.1, 0.15) is 51.9 Å². The summed E-state index contributed by atoms with van der Waals surface area (Å²) in [5.74, 6) is 1.10. The van der Waals surface area contributed by atoms with Gasteiger partial charge >= 0.3 is 0 Å². The number of hydrogen-bond acceptors (Lipinski definition) is 2. The van der Waals surface area contributed by atoms with E-state index in [1.807, 2.05) is 0 Å². The fourth-order valence-corrected chi connectivity index (χ4v) is 2.54. The molecule has 16 heavy (non-hydrogen) atoms. The van der Waals surface area contributed by atoms with Crippen LogP contribution in [0.2, 0.25) is 0 Å². The molecule has 0 aliphatic heterocycles. The summed E-state index contributed by atoms with van der Waals surface area (Å²) in [5, 5.41) is 13.2. The minimum absolute atomic E-state index is 0.151. The molecule has 2 N–H and O–H groups in total. The first-order chi connectivity index (χ1) is 7.59. The number of carbonyl (C=O) groups excluding carboxylic acids is 1. The third-order valence-electron chi connectivity index (χ3n) is 4.27. The molecule has 3 heteroatoms. The Kier molecular flexibility index (Phi) is 3.53. The van der Waals surface area contributed by atoms with E-state index in [1.54, 1.807) is 0 Å². The molecule has 0 aromatic carbocycles. The number of aliphatic hydroxyl groups is 1. The molecule has 3 nitrogen and oxygen atoms in total. The van der Waals surface area contributed by atoms with Crippen LogP contribution < -0.4 is 5.32 Å². The number of nitrogens with one attached hydrogen (secondary N) is 1. The van der Waals surface area contributed by atoms with Crippen LogP contribution in [-0.4, -0.2) is 23.2 Å². The lowest BCUT2D eigenvalue weighted by atomic mass is 9.79. The van der Waals surface area contributed by atoms with E-state index >= 15 is 0 Å². The Morgan fingerprint density at radius 3 is 2.44 bits per heavy atom. The van der Waals surface area contributed by atoms with E-state index in [0.717, 1.165) is 44.4 Å². The second-order valence-corrected chi connectivity index (χ2v) is 5.75. The highest BCUT2D eigenvalue weighted by Gasteiger charge is 2.33. The van der Waals surface area contributed by atoms with Crippen LogP contribution in [0.15, 0.2) is 0 Å². The van der Waals surface area contributed by atoms with Crippen LogP contribution in [-0.2, 0) is 4.79 Å². The maximum atomic E-state index is 11.7. The first-order valence-corrected chi connectivity index (χ1v) is 6.59. The van der Waals surface area contributed by atoms with Crippen LogP contribution >= 0.6 is 0 Å². The van der Waals surface area contributed by atoms with Crippen molar-refractivity contribution in [3.05, 3.63) is 0 Å². The Balaban J connectivity index is 1.73. The second kappa shape index (κ2) is 4.74. The maximum Gasteiger partial charge on any atom is 0.223 e. The molecule has 1 amide bonds. The number of amides is 1. The molecule has 0 saturated heterocycles. The Morgan fingerprint density at radius 1 is 1.31 bits per heavy atom. The maximum absolute atomic E-state index is 11.7. The topological polar surface area (TPSA) is 49.3 Å². The summed E-state index contributed by atoms with van der Waals surface area (Å²) in [6.45, 7) is 2.68. The summed E-state index contributed by atoms with van der Waals surface area (Å²) in [4.78, 5) is 11.7. The number of rotatable bonds is 3. The van der Waals surface area contributed by atoms with Gasteiger partial charge in [0.1, 0.15) is 0 Å². The Labute approximate surface area is 97.6 Å². The van der Waals surface area contributed by atoms with E-state index in [0.29, 0.717) is 6.54 Å². The molecule has 0 radical (unpaired) electrons. The van der Waals surface area contributed by atoms with Gasteiger partial charge in [0.25, 0.3) is 0 Å². The van der Waals surface area contributed by atoms with Gasteiger partial charge in [-0.05, 0) is 44.4 Å². The number of hydrogen-bond donors (Lipinski definition) is 2. The zero-order valence-electron chi connectivity index (χ0n) is 10.2. The molecule has 0 atom stereocenters. The van der Waals surface area contributed by atoms with Crippen molar-refractivity contribution in [3.63, 3.8) is 0 Å². The van der Waals surface area contributed by atoms with Crippen LogP contribution in [0.3, 0.4) is 0 Å². The minimum atomic E-state index is -0.633. The molecule has 0 aromatic rings. The van der Waals surface area contributed by atoms with E-state index in [2.05, 4.69) is 12.2 Å². The molecule has 0 heterocycles. The van der Waals surface area contributed by atoms with E-state index in [9.17, 15) is 9.90 Å². The third kappa shape index (κ3) is 2.76. The monoisotopic (exact) mass is 225 g/mol. The van der Waals surface area contributed by atoms with Crippen LogP contribution in [0.4, 0.5) is 0 Å². The van der Waals surface area contributed by atoms with Crippen LogP contribution in [0.25, 0.3) is 0 Å². The van der Waals surface area contributed by atoms with Crippen molar-refractivity contribution >= 4 is 5.91 Å². The molecule has 2 saturated carbocycles. The first kappa shape index (κ1) is 11.9. The quantitative estimate of drug-likeness (QED) is 0.770. The lowest BCUT2D eigenvalue weighted by Gasteiger charge is -2.35. The summed E-state index contributed by atoms with van der Waals surface area (Å²) < 4.78 is 0. The Bertz CT molecular complexity index is 253. The molecule has 2 aliphatic carbocycles. The van der Waals surface area contributed by atoms with E-state index < -0.39 is 5.60 Å². The van der Waals surface area contributed by atoms with Crippen LogP contribution in [0.5, 0.6) is 0 Å². The summed E-state index contributed by atoms with van der Waals surface area (Å²) in [7, 11) is 0. The molecule has 0 spiro atoms. The molecule has 2 rings (SSSR count). The SMILES string of the molecule is CC1CCC(O)(CNC(=O)C2CCC2)CC1. The molecule has 92 valence electrons. The molecule has 0 unspecified atom stereocenters. The van der Waals surface area contributed by atoms with Gasteiger partial charge in [0.15, 0.2) is 0 Å². The van der Waals surface area contributed by atoms with Gasteiger partial charge in [-0.3, -0.25) is 4.79 Å². The van der Waals surface area contributed by atoms with Gasteiger partial charge in [-0.25, -0.2) is 0 Å². The predicted molar refractivity (Wildman–Crippen MR) is 62.9 cm³/mol. The van der Waals surface area contributed by atoms with Gasteiger partial charge in [0, 0.05) is 12.5 Å². The van der Waals surface area contributed by atoms with Gasteiger partial charge < -0.3 is 10.4 Å². The van der Waals surface area contributed by atoms with E-state index in [1.165, 1.54) is 6.42 Å². The van der Waals surface area contributed by atoms with Crippen molar-refractivity contribution in [2.45, 2.75) is 57.5 Å². The minimum Gasteiger partial charge on any atom is -0.388 e. The first-order valence-electron chi connectivity index (χ1n) is 6.59. The lowest BCUT2D eigenvalue weighted by Crippen LogP contribution is -2.47. The molecule has 2 aliphatic rings. The highest BCUT2D eigenvalue weighted by Crippen LogP contribution is 2.32. The average Bonchev–Trinajstić information content (AvgIpc) is 2.18. The Hall–Kier alpha value is -0.570. The summed E-state index contributed by atoms with van der Waals surface area (Å²) in [6.07, 6.45) is 7.06. The molecule has 0 bridgehead atoms. The fourth-order valence-electron chi connectivity index (χ4n) is 2.54. The van der Waals surface area contributed by atoms with Crippen molar-refractivity contribution in [2.24, 2.45) is 11.8 Å². The summed E-state index contributed by atoms with van der Waals surface area (Å²) in [5.41, 5.74) is -0.633. The highest BCUT2D eigenvalue weighted by atomic mass is 16.3. The van der Waals surface area contributed by atoms with Crippen molar-refractivity contribution in [1.29, 1.82) is 0 Å². The van der Waals surface area contributed by atoms with E-state index in [4.69, 9.17) is 0 Å². The highest BCUT2D eigenvalue weighted by molar-refractivity contribution is 5.79. The predicted octanol–water partition coefficient (Wildman–Crippen LogP) is 1.84. The van der Waals surface area contributed by atoms with Gasteiger partial charge in [-0.15, -0.1) is 0 Å². The fraction of sp³-hybridized carbons (Fsp3) is 0.923. The van der Waals surface area contributed by atoms with Gasteiger partial charge in [0.2, 0.25) is 5.91 Å². The summed E-state index contributed by atoms with van der Waals surface area (Å²) in [6, 6.07) is 0. The molecular weight excluding hydrogens is 202 g/mol. The molecular formula is C13H23NO2.